The van der Waals surface area contributed by atoms with Crippen molar-refractivity contribution in [3.05, 3.63) is 0 Å². The molecule has 0 aromatic rings. The van der Waals surface area contributed by atoms with Gasteiger partial charge in [-0.05, 0) is 5.75 Å². The Morgan fingerprint density at radius 1 is 0.614 bits per heavy atom. The second-order valence-corrected chi connectivity index (χ2v) is 10.9. The molecule has 10 atom stereocenters. The monoisotopic (exact) mass is 652 g/mol. The molecule has 2 fully saturated rings. The first-order chi connectivity index (χ1) is 20.5. The molecule has 0 radical (unpaired) electrons. The number of aliphatic carboxylic acids is 1. The Kier molecular flexibility index (Phi) is 13.8. The molecule has 2 aliphatic heterocycles. The van der Waals surface area contributed by atoms with Crippen LogP contribution in [0.15, 0.2) is 0 Å². The van der Waals surface area contributed by atoms with Gasteiger partial charge in [-0.25, -0.2) is 4.79 Å². The lowest BCUT2D eigenvalue weighted by Gasteiger charge is -2.48. The standard InChI is InChI=1S/C26H36O17S/c1-8-44-26-23(18(37-12(4)29)17(36-11(3)28)16(41-26)9-35-10(2)27)43-25-22(40-15(7)32)20(39-14(6)31)19(38-13(5)30)21(42-25)24(33)34/h16-23,25-26H,8-9H2,1-7H3,(H,33,34)/t16-,17-,18+,19+,20+,21+,22-,23+,25+,26-/m1/s1. The fourth-order valence-electron chi connectivity index (χ4n) is 4.55. The van der Waals surface area contributed by atoms with E-state index in [2.05, 4.69) is 0 Å². The van der Waals surface area contributed by atoms with Gasteiger partial charge in [0.05, 0.1) is 0 Å². The molecular formula is C26H36O17S. The number of rotatable bonds is 12. The minimum atomic E-state index is -2.00. The third kappa shape index (κ3) is 10.3. The molecule has 0 spiro atoms. The Balaban J connectivity index is 2.66. The molecule has 18 heteroatoms. The predicted octanol–water partition coefficient (Wildman–Crippen LogP) is -0.119. The summed E-state index contributed by atoms with van der Waals surface area (Å²) in [6.07, 6.45) is -14.6. The molecule has 2 heterocycles. The van der Waals surface area contributed by atoms with Gasteiger partial charge in [-0.3, -0.25) is 28.8 Å². The molecule has 0 saturated carbocycles. The summed E-state index contributed by atoms with van der Waals surface area (Å²) in [6, 6.07) is 0. The van der Waals surface area contributed by atoms with Crippen LogP contribution in [0.5, 0.6) is 0 Å². The highest BCUT2D eigenvalue weighted by atomic mass is 32.2. The minimum Gasteiger partial charge on any atom is -0.479 e. The van der Waals surface area contributed by atoms with Gasteiger partial charge in [-0.15, -0.1) is 11.8 Å². The number of carboxylic acid groups (broad SMARTS) is 1. The van der Waals surface area contributed by atoms with Crippen molar-refractivity contribution >= 4 is 53.5 Å². The number of carbonyl (C=O) groups excluding carboxylic acids is 6. The number of hydrogen-bond donors (Lipinski definition) is 1. The summed E-state index contributed by atoms with van der Waals surface area (Å²) in [5.41, 5.74) is -1.07. The van der Waals surface area contributed by atoms with Crippen molar-refractivity contribution in [1.82, 2.24) is 0 Å². The highest BCUT2D eigenvalue weighted by molar-refractivity contribution is 7.99. The van der Waals surface area contributed by atoms with Gasteiger partial charge in [0.25, 0.3) is 0 Å². The Bertz CT molecular complexity index is 1090. The van der Waals surface area contributed by atoms with Crippen molar-refractivity contribution in [3.8, 4) is 0 Å². The van der Waals surface area contributed by atoms with E-state index in [0.29, 0.717) is 5.75 Å². The van der Waals surface area contributed by atoms with Crippen LogP contribution in [0.1, 0.15) is 48.5 Å². The average Bonchev–Trinajstić information content (AvgIpc) is 2.87. The molecule has 2 saturated heterocycles. The molecule has 0 bridgehead atoms. The van der Waals surface area contributed by atoms with Gasteiger partial charge in [0, 0.05) is 41.5 Å². The van der Waals surface area contributed by atoms with E-state index in [1.54, 1.807) is 6.92 Å². The lowest BCUT2D eigenvalue weighted by molar-refractivity contribution is -0.332. The van der Waals surface area contributed by atoms with Crippen molar-refractivity contribution in [3.63, 3.8) is 0 Å². The van der Waals surface area contributed by atoms with Crippen molar-refractivity contribution < 1.29 is 81.3 Å². The maximum Gasteiger partial charge on any atom is 0.337 e. The zero-order chi connectivity index (χ0) is 33.3. The van der Waals surface area contributed by atoms with Gasteiger partial charge in [0.15, 0.2) is 42.9 Å². The smallest absolute Gasteiger partial charge is 0.337 e. The van der Waals surface area contributed by atoms with Crippen LogP contribution >= 0.6 is 11.8 Å². The third-order valence-electron chi connectivity index (χ3n) is 5.91. The predicted molar refractivity (Wildman–Crippen MR) is 142 cm³/mol. The first-order valence-electron chi connectivity index (χ1n) is 13.4. The zero-order valence-electron chi connectivity index (χ0n) is 25.1. The van der Waals surface area contributed by atoms with E-state index in [9.17, 15) is 38.7 Å². The van der Waals surface area contributed by atoms with E-state index < -0.39 is 109 Å². The largest absolute Gasteiger partial charge is 0.479 e. The van der Waals surface area contributed by atoms with Crippen LogP contribution in [0.25, 0.3) is 0 Å². The number of carboxylic acids is 1. The molecule has 0 unspecified atom stereocenters. The molecule has 44 heavy (non-hydrogen) atoms. The van der Waals surface area contributed by atoms with E-state index in [1.165, 1.54) is 0 Å². The Hall–Kier alpha value is -3.48. The summed E-state index contributed by atoms with van der Waals surface area (Å²) < 4.78 is 49.6. The van der Waals surface area contributed by atoms with Crippen molar-refractivity contribution in [2.75, 3.05) is 12.4 Å². The second-order valence-electron chi connectivity index (χ2n) is 9.54. The second kappa shape index (κ2) is 16.6. The van der Waals surface area contributed by atoms with Crippen molar-refractivity contribution in [2.45, 2.75) is 109 Å². The molecule has 2 aliphatic rings. The molecule has 2 rings (SSSR count). The summed E-state index contributed by atoms with van der Waals surface area (Å²) in [6.45, 7) is 7.61. The molecule has 0 amide bonds. The van der Waals surface area contributed by atoms with Crippen LogP contribution in [0.4, 0.5) is 0 Å². The normalized spacial score (nSPS) is 31.5. The van der Waals surface area contributed by atoms with Crippen LogP contribution in [-0.4, -0.2) is 120 Å². The number of thioether (sulfide) groups is 1. The Morgan fingerprint density at radius 2 is 1.07 bits per heavy atom. The highest BCUT2D eigenvalue weighted by Crippen LogP contribution is 2.38. The molecule has 1 N–H and O–H groups in total. The Morgan fingerprint density at radius 3 is 1.52 bits per heavy atom. The van der Waals surface area contributed by atoms with Gasteiger partial charge < -0.3 is 47.7 Å². The quantitative estimate of drug-likeness (QED) is 0.214. The average molecular weight is 653 g/mol. The van der Waals surface area contributed by atoms with Crippen LogP contribution in [0.2, 0.25) is 0 Å². The maximum atomic E-state index is 12.3. The van der Waals surface area contributed by atoms with Gasteiger partial charge in [-0.1, -0.05) is 6.92 Å². The highest BCUT2D eigenvalue weighted by Gasteiger charge is 2.58. The topological polar surface area (TPSA) is 223 Å². The summed E-state index contributed by atoms with van der Waals surface area (Å²) in [5, 5.41) is 9.94. The zero-order valence-corrected chi connectivity index (χ0v) is 25.9. The first-order valence-corrected chi connectivity index (χ1v) is 14.4. The van der Waals surface area contributed by atoms with Gasteiger partial charge >= 0.3 is 41.8 Å². The summed E-state index contributed by atoms with van der Waals surface area (Å²) in [4.78, 5) is 84.2. The van der Waals surface area contributed by atoms with E-state index in [1.807, 2.05) is 0 Å². The van der Waals surface area contributed by atoms with E-state index in [4.69, 9.17) is 42.6 Å². The summed E-state index contributed by atoms with van der Waals surface area (Å²) >= 11 is 1.13. The van der Waals surface area contributed by atoms with Crippen molar-refractivity contribution in [2.24, 2.45) is 0 Å². The van der Waals surface area contributed by atoms with Gasteiger partial charge in [-0.2, -0.15) is 0 Å². The number of carbonyl (C=O) groups is 7. The first kappa shape index (κ1) is 36.7. The van der Waals surface area contributed by atoms with E-state index in [0.717, 1.165) is 53.3 Å². The molecule has 17 nitrogen and oxygen atoms in total. The minimum absolute atomic E-state index is 0.386. The van der Waals surface area contributed by atoms with Gasteiger partial charge in [0.2, 0.25) is 0 Å². The molecule has 0 aromatic heterocycles. The maximum absolute atomic E-state index is 12.3. The van der Waals surface area contributed by atoms with E-state index in [-0.39, 0.29) is 0 Å². The number of ether oxygens (including phenoxy) is 9. The van der Waals surface area contributed by atoms with E-state index >= 15 is 0 Å². The third-order valence-corrected chi connectivity index (χ3v) is 6.95. The lowest BCUT2D eigenvalue weighted by Crippen LogP contribution is -2.67. The Labute approximate surface area is 256 Å². The van der Waals surface area contributed by atoms with Crippen LogP contribution in [-0.2, 0) is 76.2 Å². The fourth-order valence-corrected chi connectivity index (χ4v) is 5.51. The van der Waals surface area contributed by atoms with Crippen molar-refractivity contribution in [1.29, 1.82) is 0 Å². The number of hydrogen-bond acceptors (Lipinski definition) is 17. The number of esters is 6. The molecule has 0 aromatic carbocycles. The summed E-state index contributed by atoms with van der Waals surface area (Å²) in [7, 11) is 0. The van der Waals surface area contributed by atoms with Gasteiger partial charge in [0.1, 0.15) is 24.3 Å². The molecular weight excluding hydrogens is 616 g/mol. The fraction of sp³-hybridized carbons (Fsp3) is 0.731. The van der Waals surface area contributed by atoms with Crippen LogP contribution in [0, 0.1) is 0 Å². The lowest BCUT2D eigenvalue weighted by atomic mass is 9.96. The SMILES string of the molecule is CCS[C@H]1O[C@H](COC(C)=O)[C@@H](OC(C)=O)[C@H](OC(C)=O)[C@@H]1O[C@@H]1O[C@H](C(=O)O)[C@@H](OC(C)=O)[C@H](OC(C)=O)[C@H]1OC(C)=O. The van der Waals surface area contributed by atoms with Crippen LogP contribution in [0.3, 0.4) is 0 Å². The van der Waals surface area contributed by atoms with Crippen LogP contribution < -0.4 is 0 Å². The molecule has 248 valence electrons. The summed E-state index contributed by atoms with van der Waals surface area (Å²) in [5.74, 6) is -6.44. The molecule has 0 aliphatic carbocycles.